The molecule has 136 valence electrons. The van der Waals surface area contributed by atoms with Gasteiger partial charge in [0.1, 0.15) is 18.4 Å². The number of carbonyl (C=O) groups excluding carboxylic acids is 1. The molecule has 0 bridgehead atoms. The number of carbonyl (C=O) groups is 2. The summed E-state index contributed by atoms with van der Waals surface area (Å²) in [7, 11) is -2.94. The number of fused-ring (bicyclic) bond motifs is 1. The molecule has 2 heterocycles. The van der Waals surface area contributed by atoms with E-state index in [4.69, 9.17) is 11.6 Å². The van der Waals surface area contributed by atoms with Crippen molar-refractivity contribution in [2.75, 3.05) is 13.3 Å². The fourth-order valence-corrected chi connectivity index (χ4v) is 4.76. The second-order valence-electron chi connectivity index (χ2n) is 6.38. The van der Waals surface area contributed by atoms with E-state index in [0.717, 1.165) is 6.20 Å². The lowest BCUT2D eigenvalue weighted by molar-refractivity contribution is 0.0629. The van der Waals surface area contributed by atoms with Crippen molar-refractivity contribution in [3.8, 4) is 0 Å². The van der Waals surface area contributed by atoms with E-state index < -0.39 is 30.5 Å². The van der Waals surface area contributed by atoms with Crippen LogP contribution in [0.25, 0.3) is 0 Å². The molecule has 1 aromatic carbocycles. The van der Waals surface area contributed by atoms with Crippen LogP contribution < -0.4 is 5.30 Å². The fourth-order valence-electron chi connectivity index (χ4n) is 3.30. The lowest BCUT2D eigenvalue weighted by Crippen LogP contribution is -2.48. The molecule has 7 nitrogen and oxygen atoms in total. The van der Waals surface area contributed by atoms with Gasteiger partial charge in [0.15, 0.2) is 5.82 Å². The third-order valence-corrected chi connectivity index (χ3v) is 6.07. The highest BCUT2D eigenvalue weighted by molar-refractivity contribution is 7.70. The Morgan fingerprint density at radius 2 is 2.04 bits per heavy atom. The van der Waals surface area contributed by atoms with Crippen LogP contribution in [0.15, 0.2) is 24.4 Å². The molecule has 10 heteroatoms. The molecule has 0 saturated carbocycles. The zero-order valence-corrected chi connectivity index (χ0v) is 15.7. The maximum absolute atomic E-state index is 14.6. The predicted molar refractivity (Wildman–Crippen MR) is 93.2 cm³/mol. The van der Waals surface area contributed by atoms with Crippen LogP contribution in [0.1, 0.15) is 28.5 Å². The Balaban J connectivity index is 2.48. The van der Waals surface area contributed by atoms with Gasteiger partial charge in [0.25, 0.3) is 5.91 Å². The van der Waals surface area contributed by atoms with Crippen LogP contribution in [0.5, 0.6) is 0 Å². The van der Waals surface area contributed by atoms with Crippen molar-refractivity contribution in [3.63, 3.8) is 0 Å². The summed E-state index contributed by atoms with van der Waals surface area (Å²) in [5.74, 6) is -1.78. The summed E-state index contributed by atoms with van der Waals surface area (Å²) in [5, 5.41) is 9.62. The number of imide groups is 1. The minimum Gasteiger partial charge on any atom is -0.465 e. The van der Waals surface area contributed by atoms with Gasteiger partial charge in [-0.15, -0.1) is 0 Å². The number of nitrogens with zero attached hydrogens (tertiary/aromatic N) is 3. The van der Waals surface area contributed by atoms with Crippen LogP contribution in [0.2, 0.25) is 5.28 Å². The minimum atomic E-state index is -2.94. The van der Waals surface area contributed by atoms with Crippen LogP contribution in [0, 0.1) is 5.82 Å². The Morgan fingerprint density at radius 1 is 1.38 bits per heavy atom. The second kappa shape index (κ2) is 5.86. The van der Waals surface area contributed by atoms with Gasteiger partial charge in [-0.25, -0.2) is 24.1 Å². The van der Waals surface area contributed by atoms with Gasteiger partial charge >= 0.3 is 6.09 Å². The van der Waals surface area contributed by atoms with Crippen LogP contribution in [-0.2, 0) is 10.1 Å². The molecule has 0 saturated heterocycles. The molecule has 1 aliphatic rings. The van der Waals surface area contributed by atoms with Crippen molar-refractivity contribution in [2.24, 2.45) is 0 Å². The first-order valence-electron chi connectivity index (χ1n) is 7.44. The summed E-state index contributed by atoms with van der Waals surface area (Å²) in [6, 6.07) is 4.47. The van der Waals surface area contributed by atoms with E-state index >= 15 is 0 Å². The summed E-state index contributed by atoms with van der Waals surface area (Å²) in [5.41, 5.74) is -2.04. The average Bonchev–Trinajstić information content (AvgIpc) is 2.78. The third kappa shape index (κ3) is 2.52. The van der Waals surface area contributed by atoms with E-state index in [9.17, 15) is 23.7 Å². The van der Waals surface area contributed by atoms with Gasteiger partial charge in [-0.05, 0) is 37.9 Å². The molecular weight excluding hydrogens is 384 g/mol. The highest BCUT2D eigenvalue weighted by Gasteiger charge is 2.55. The Kier molecular flexibility index (Phi) is 4.16. The second-order valence-corrected chi connectivity index (χ2v) is 9.90. The number of rotatable bonds is 2. The Labute approximate surface area is 153 Å². The first-order valence-corrected chi connectivity index (χ1v) is 10.4. The van der Waals surface area contributed by atoms with Crippen molar-refractivity contribution in [2.45, 2.75) is 12.5 Å². The van der Waals surface area contributed by atoms with E-state index in [0.29, 0.717) is 4.90 Å². The first-order chi connectivity index (χ1) is 12.0. The van der Waals surface area contributed by atoms with E-state index in [1.165, 1.54) is 38.5 Å². The summed E-state index contributed by atoms with van der Waals surface area (Å²) in [6.45, 7) is 4.31. The molecule has 1 unspecified atom stereocenters. The summed E-state index contributed by atoms with van der Waals surface area (Å²) < 4.78 is 27.4. The maximum Gasteiger partial charge on any atom is 0.415 e. The first kappa shape index (κ1) is 18.5. The number of hydrogen-bond donors (Lipinski definition) is 1. The average molecular weight is 398 g/mol. The number of carboxylic acid groups (broad SMARTS) is 1. The smallest absolute Gasteiger partial charge is 0.415 e. The molecule has 1 N–H and O–H groups in total. The van der Waals surface area contributed by atoms with E-state index in [1.54, 1.807) is 0 Å². The molecule has 1 atom stereocenters. The normalized spacial score (nSPS) is 19.6. The van der Waals surface area contributed by atoms with Gasteiger partial charge in [0, 0.05) is 16.4 Å². The molecule has 1 aromatic heterocycles. The molecule has 0 fully saturated rings. The van der Waals surface area contributed by atoms with Crippen molar-refractivity contribution in [1.29, 1.82) is 0 Å². The number of hydrogen-bond acceptors (Lipinski definition) is 5. The van der Waals surface area contributed by atoms with E-state index in [1.807, 2.05) is 0 Å². The summed E-state index contributed by atoms with van der Waals surface area (Å²) in [6.07, 6.45) is -0.783. The quantitative estimate of drug-likeness (QED) is 0.617. The number of amides is 2. The lowest BCUT2D eigenvalue weighted by atomic mass is 9.87. The largest absolute Gasteiger partial charge is 0.465 e. The minimum absolute atomic E-state index is 0.0328. The molecule has 2 amide bonds. The van der Waals surface area contributed by atoms with Crippen molar-refractivity contribution < 1.29 is 23.7 Å². The Bertz CT molecular complexity index is 1010. The predicted octanol–water partition coefficient (Wildman–Crippen LogP) is 2.91. The van der Waals surface area contributed by atoms with Gasteiger partial charge in [-0.1, -0.05) is 12.1 Å². The van der Waals surface area contributed by atoms with Crippen LogP contribution in [-0.4, -0.2) is 45.3 Å². The van der Waals surface area contributed by atoms with Gasteiger partial charge in [-0.2, -0.15) is 0 Å². The summed E-state index contributed by atoms with van der Waals surface area (Å²) in [4.78, 5) is 32.5. The maximum atomic E-state index is 14.6. The van der Waals surface area contributed by atoms with Gasteiger partial charge < -0.3 is 9.67 Å². The number of aromatic nitrogens is 2. The van der Waals surface area contributed by atoms with Crippen molar-refractivity contribution in [3.05, 3.63) is 52.3 Å². The standard InChI is InChI=1S/C16H14ClFN3O4P/c1-16(12-9(18)7-19-14(17)20-12)11-8(13(22)21(16)15(23)24)5-4-6-10(11)26(2,3)25/h4-7H,1-3H3,(H,23,24). The fraction of sp³-hybridized carbons (Fsp3) is 0.250. The molecule has 3 rings (SSSR count). The Hall–Kier alpha value is -2.31. The number of halogens is 2. The Morgan fingerprint density at radius 3 is 2.62 bits per heavy atom. The van der Waals surface area contributed by atoms with Crippen LogP contribution in [0.4, 0.5) is 9.18 Å². The van der Waals surface area contributed by atoms with Gasteiger partial charge in [0.05, 0.1) is 6.20 Å². The zero-order chi connectivity index (χ0) is 19.4. The third-order valence-electron chi connectivity index (χ3n) is 4.36. The molecule has 0 spiro atoms. The molecule has 0 radical (unpaired) electrons. The molecular formula is C16H14ClFN3O4P. The molecule has 26 heavy (non-hydrogen) atoms. The lowest BCUT2D eigenvalue weighted by Gasteiger charge is -2.33. The highest BCUT2D eigenvalue weighted by atomic mass is 35.5. The van der Waals surface area contributed by atoms with E-state index in [2.05, 4.69) is 9.97 Å². The van der Waals surface area contributed by atoms with Gasteiger partial charge in [-0.3, -0.25) is 4.79 Å². The molecule has 2 aromatic rings. The van der Waals surface area contributed by atoms with Crippen molar-refractivity contribution in [1.82, 2.24) is 14.9 Å². The van der Waals surface area contributed by atoms with Gasteiger partial charge in [0.2, 0.25) is 5.28 Å². The van der Waals surface area contributed by atoms with E-state index in [-0.39, 0.29) is 27.4 Å². The number of benzene rings is 1. The monoisotopic (exact) mass is 397 g/mol. The van der Waals surface area contributed by atoms with Crippen molar-refractivity contribution >= 4 is 36.0 Å². The molecule has 0 aliphatic carbocycles. The zero-order valence-electron chi connectivity index (χ0n) is 14.0. The van der Waals surface area contributed by atoms with Crippen LogP contribution in [0.3, 0.4) is 0 Å². The topological polar surface area (TPSA) is 100 Å². The summed E-state index contributed by atoms with van der Waals surface area (Å²) >= 11 is 5.78. The van der Waals surface area contributed by atoms with Crippen LogP contribution >= 0.6 is 18.7 Å². The molecule has 1 aliphatic heterocycles. The SMILES string of the molecule is CC1(c2nc(Cl)ncc2F)c2c(cccc2P(C)(C)=O)C(=O)N1C(=O)O. The highest BCUT2D eigenvalue weighted by Crippen LogP contribution is 2.48.